The summed E-state index contributed by atoms with van der Waals surface area (Å²) in [4.78, 5) is 12.5. The first-order chi connectivity index (χ1) is 11.3. The molecule has 0 atom stereocenters. The van der Waals surface area contributed by atoms with Gasteiger partial charge in [0.15, 0.2) is 0 Å². The summed E-state index contributed by atoms with van der Waals surface area (Å²) in [5, 5.41) is 1.92. The third-order valence-electron chi connectivity index (χ3n) is 3.53. The fourth-order valence-corrected chi connectivity index (χ4v) is 2.83. The normalized spacial score (nSPS) is 11.7. The van der Waals surface area contributed by atoms with Crippen LogP contribution in [0.25, 0.3) is 22.0 Å². The van der Waals surface area contributed by atoms with Crippen molar-refractivity contribution in [3.05, 3.63) is 58.7 Å². The first-order valence-corrected chi connectivity index (χ1v) is 8.31. The van der Waals surface area contributed by atoms with Gasteiger partial charge in [0.1, 0.15) is 5.60 Å². The fourth-order valence-electron chi connectivity index (χ4n) is 2.54. The second kappa shape index (κ2) is 6.15. The van der Waals surface area contributed by atoms with Gasteiger partial charge in [-0.15, -0.1) is 0 Å². The van der Waals surface area contributed by atoms with Crippen LogP contribution in [0, 0.1) is 0 Å². The van der Waals surface area contributed by atoms with Crippen LogP contribution in [0.4, 0.5) is 4.79 Å². The van der Waals surface area contributed by atoms with E-state index in [2.05, 4.69) is 0 Å². The molecule has 0 aliphatic rings. The first-order valence-electron chi connectivity index (χ1n) is 7.55. The maximum Gasteiger partial charge on any atom is 0.419 e. The van der Waals surface area contributed by atoms with E-state index in [0.717, 1.165) is 22.0 Å². The first kappa shape index (κ1) is 16.9. The van der Waals surface area contributed by atoms with Gasteiger partial charge in [-0.05, 0) is 44.5 Å². The van der Waals surface area contributed by atoms with Crippen LogP contribution >= 0.6 is 23.2 Å². The molecule has 0 amide bonds. The van der Waals surface area contributed by atoms with Gasteiger partial charge in [-0.1, -0.05) is 47.5 Å². The molecule has 0 saturated heterocycles. The van der Waals surface area contributed by atoms with Crippen molar-refractivity contribution < 1.29 is 9.53 Å². The van der Waals surface area contributed by atoms with Crippen molar-refractivity contribution in [3.63, 3.8) is 0 Å². The summed E-state index contributed by atoms with van der Waals surface area (Å²) in [7, 11) is 0. The topological polar surface area (TPSA) is 31.2 Å². The van der Waals surface area contributed by atoms with E-state index in [1.54, 1.807) is 18.3 Å². The largest absolute Gasteiger partial charge is 0.443 e. The van der Waals surface area contributed by atoms with E-state index >= 15 is 0 Å². The summed E-state index contributed by atoms with van der Waals surface area (Å²) in [6.45, 7) is 5.53. The van der Waals surface area contributed by atoms with Crippen molar-refractivity contribution in [1.82, 2.24) is 4.57 Å². The zero-order chi connectivity index (χ0) is 17.5. The van der Waals surface area contributed by atoms with Crippen LogP contribution < -0.4 is 0 Å². The van der Waals surface area contributed by atoms with E-state index in [9.17, 15) is 4.79 Å². The number of carbonyl (C=O) groups excluding carboxylic acids is 1. The zero-order valence-corrected chi connectivity index (χ0v) is 15.2. The number of para-hydroxylation sites is 1. The maximum atomic E-state index is 12.5. The lowest BCUT2D eigenvalue weighted by molar-refractivity contribution is 0.0544. The smallest absolute Gasteiger partial charge is 0.419 e. The number of halogens is 2. The molecule has 24 heavy (non-hydrogen) atoms. The SMILES string of the molecule is CC(C)(C)OC(=O)n1cc(-c2ccc(Cl)c(Cl)c2)c2ccccc21. The van der Waals surface area contributed by atoms with Crippen LogP contribution in [0.3, 0.4) is 0 Å². The Morgan fingerprint density at radius 1 is 1.04 bits per heavy atom. The second-order valence-electron chi connectivity index (χ2n) is 6.54. The Balaban J connectivity index is 2.16. The van der Waals surface area contributed by atoms with Crippen molar-refractivity contribution >= 4 is 40.2 Å². The Morgan fingerprint density at radius 3 is 2.42 bits per heavy atom. The van der Waals surface area contributed by atoms with Gasteiger partial charge in [0.2, 0.25) is 0 Å². The molecule has 3 rings (SSSR count). The van der Waals surface area contributed by atoms with Crippen LogP contribution in [-0.2, 0) is 4.74 Å². The fraction of sp³-hybridized carbons (Fsp3) is 0.211. The summed E-state index contributed by atoms with van der Waals surface area (Å²) in [6, 6.07) is 13.1. The van der Waals surface area contributed by atoms with Gasteiger partial charge in [-0.25, -0.2) is 4.79 Å². The Morgan fingerprint density at radius 2 is 1.75 bits per heavy atom. The molecule has 0 spiro atoms. The molecule has 0 saturated carbocycles. The van der Waals surface area contributed by atoms with Crippen LogP contribution in [0.15, 0.2) is 48.7 Å². The quantitative estimate of drug-likeness (QED) is 0.502. The number of benzene rings is 2. The predicted octanol–water partition coefficient (Wildman–Crippen LogP) is 6.40. The minimum Gasteiger partial charge on any atom is -0.443 e. The molecule has 5 heteroatoms. The van der Waals surface area contributed by atoms with E-state index in [0.29, 0.717) is 10.0 Å². The number of ether oxygens (including phenoxy) is 1. The van der Waals surface area contributed by atoms with Crippen molar-refractivity contribution in [1.29, 1.82) is 0 Å². The van der Waals surface area contributed by atoms with E-state index in [1.807, 2.05) is 51.1 Å². The molecule has 0 aliphatic heterocycles. The molecular formula is C19H17Cl2NO2. The molecule has 0 radical (unpaired) electrons. The van der Waals surface area contributed by atoms with Gasteiger partial charge >= 0.3 is 6.09 Å². The molecule has 2 aromatic carbocycles. The Hall–Kier alpha value is -1.97. The molecule has 1 heterocycles. The molecule has 124 valence electrons. The number of nitrogens with zero attached hydrogens (tertiary/aromatic N) is 1. The van der Waals surface area contributed by atoms with Crippen molar-refractivity contribution in [3.8, 4) is 11.1 Å². The number of carbonyl (C=O) groups is 1. The number of fused-ring (bicyclic) bond motifs is 1. The Bertz CT molecular complexity index is 923. The van der Waals surface area contributed by atoms with Crippen LogP contribution in [0.2, 0.25) is 10.0 Å². The minimum atomic E-state index is -0.563. The van der Waals surface area contributed by atoms with Crippen molar-refractivity contribution in [2.75, 3.05) is 0 Å². The van der Waals surface area contributed by atoms with Crippen molar-refractivity contribution in [2.24, 2.45) is 0 Å². The summed E-state index contributed by atoms with van der Waals surface area (Å²) in [5.41, 5.74) is 2.01. The molecule has 1 aromatic heterocycles. The molecule has 0 bridgehead atoms. The lowest BCUT2D eigenvalue weighted by atomic mass is 10.1. The lowest BCUT2D eigenvalue weighted by Crippen LogP contribution is -2.26. The zero-order valence-electron chi connectivity index (χ0n) is 13.6. The molecule has 3 aromatic rings. The summed E-state index contributed by atoms with van der Waals surface area (Å²) in [5.74, 6) is 0. The monoisotopic (exact) mass is 361 g/mol. The van der Waals surface area contributed by atoms with Gasteiger partial charge in [0, 0.05) is 17.1 Å². The Labute approximate surface area is 150 Å². The number of aromatic nitrogens is 1. The summed E-state index contributed by atoms with van der Waals surface area (Å²) >= 11 is 12.1. The van der Waals surface area contributed by atoms with E-state index in [4.69, 9.17) is 27.9 Å². The standard InChI is InChI=1S/C19H17Cl2NO2/c1-19(2,3)24-18(23)22-11-14(13-6-4-5-7-17(13)22)12-8-9-15(20)16(21)10-12/h4-11H,1-3H3. The molecule has 0 N–H and O–H groups in total. The van der Waals surface area contributed by atoms with Gasteiger partial charge < -0.3 is 4.74 Å². The van der Waals surface area contributed by atoms with Crippen LogP contribution in [-0.4, -0.2) is 16.3 Å². The molecule has 0 fully saturated rings. The molecule has 0 aliphatic carbocycles. The van der Waals surface area contributed by atoms with Gasteiger partial charge in [-0.2, -0.15) is 0 Å². The van der Waals surface area contributed by atoms with E-state index < -0.39 is 11.7 Å². The van der Waals surface area contributed by atoms with Crippen LogP contribution in [0.1, 0.15) is 20.8 Å². The molecular weight excluding hydrogens is 345 g/mol. The van der Waals surface area contributed by atoms with Gasteiger partial charge in [0.05, 0.1) is 15.6 Å². The average molecular weight is 362 g/mol. The highest BCUT2D eigenvalue weighted by molar-refractivity contribution is 6.42. The van der Waals surface area contributed by atoms with Gasteiger partial charge in [0.25, 0.3) is 0 Å². The summed E-state index contributed by atoms with van der Waals surface area (Å²) < 4.78 is 7.03. The third kappa shape index (κ3) is 3.28. The molecule has 3 nitrogen and oxygen atoms in total. The predicted molar refractivity (Wildman–Crippen MR) is 99.0 cm³/mol. The van der Waals surface area contributed by atoms with Crippen molar-refractivity contribution in [2.45, 2.75) is 26.4 Å². The second-order valence-corrected chi connectivity index (χ2v) is 7.35. The number of hydrogen-bond donors (Lipinski definition) is 0. The minimum absolute atomic E-state index is 0.412. The van der Waals surface area contributed by atoms with Gasteiger partial charge in [-0.3, -0.25) is 4.57 Å². The highest BCUT2D eigenvalue weighted by atomic mass is 35.5. The number of rotatable bonds is 1. The highest BCUT2D eigenvalue weighted by Gasteiger charge is 2.21. The highest BCUT2D eigenvalue weighted by Crippen LogP contribution is 2.34. The van der Waals surface area contributed by atoms with Crippen LogP contribution in [0.5, 0.6) is 0 Å². The molecule has 0 unspecified atom stereocenters. The number of hydrogen-bond acceptors (Lipinski definition) is 2. The van der Waals surface area contributed by atoms with E-state index in [-0.39, 0.29) is 0 Å². The lowest BCUT2D eigenvalue weighted by Gasteiger charge is -2.19. The third-order valence-corrected chi connectivity index (χ3v) is 4.27. The average Bonchev–Trinajstić information content (AvgIpc) is 2.88. The summed E-state index contributed by atoms with van der Waals surface area (Å²) in [6.07, 6.45) is 1.36. The Kier molecular flexibility index (Phi) is 4.33. The van der Waals surface area contributed by atoms with E-state index in [1.165, 1.54) is 4.57 Å². The maximum absolute atomic E-state index is 12.5.